The quantitative estimate of drug-likeness (QED) is 0.504. The number of anilines is 1. The van der Waals surface area contributed by atoms with Crippen molar-refractivity contribution in [3.05, 3.63) is 102 Å². The summed E-state index contributed by atoms with van der Waals surface area (Å²) in [4.78, 5) is 0. The van der Waals surface area contributed by atoms with Gasteiger partial charge in [0.25, 0.3) is 0 Å². The molecule has 3 aromatic rings. The Morgan fingerprint density at radius 3 is 1.75 bits per heavy atom. The van der Waals surface area contributed by atoms with Crippen molar-refractivity contribution in [2.24, 2.45) is 5.73 Å². The summed E-state index contributed by atoms with van der Waals surface area (Å²) in [5.41, 5.74) is 7.24. The van der Waals surface area contributed by atoms with Gasteiger partial charge in [-0.2, -0.15) is 0 Å². The fourth-order valence-corrected chi connectivity index (χ4v) is 2.99. The third-order valence-corrected chi connectivity index (χ3v) is 4.06. The summed E-state index contributed by atoms with van der Waals surface area (Å²) in [5.74, 6) is 0. The smallest absolute Gasteiger partial charge is 0.168 e. The van der Waals surface area contributed by atoms with Crippen LogP contribution >= 0.6 is 12.2 Å². The zero-order valence-electron chi connectivity index (χ0n) is 13.0. The van der Waals surface area contributed by atoms with E-state index in [0.717, 1.165) is 11.1 Å². The van der Waals surface area contributed by atoms with Crippen LogP contribution in [0.5, 0.6) is 0 Å². The zero-order chi connectivity index (χ0) is 17.0. The van der Waals surface area contributed by atoms with E-state index in [1.54, 1.807) is 0 Å². The highest BCUT2D eigenvalue weighted by Gasteiger charge is 2.35. The topological polar surface area (TPSA) is 58.3 Å². The molecule has 0 fully saturated rings. The van der Waals surface area contributed by atoms with Crippen LogP contribution in [0.3, 0.4) is 0 Å². The van der Waals surface area contributed by atoms with Crippen molar-refractivity contribution >= 4 is 23.0 Å². The lowest BCUT2D eigenvalue weighted by molar-refractivity contribution is 0.126. The Morgan fingerprint density at radius 2 is 1.25 bits per heavy atom. The third kappa shape index (κ3) is 3.02. The summed E-state index contributed by atoms with van der Waals surface area (Å²) in [7, 11) is 0. The van der Waals surface area contributed by atoms with Gasteiger partial charge in [0, 0.05) is 11.3 Å². The predicted octanol–water partition coefficient (Wildman–Crippen LogP) is 3.63. The Morgan fingerprint density at radius 1 is 0.792 bits per heavy atom. The molecule has 0 aromatic heterocycles. The SMILES string of the molecule is NC(=S)Nc1ccccc1C(O)(c1ccccc1)c1ccccc1. The molecule has 0 heterocycles. The zero-order valence-corrected chi connectivity index (χ0v) is 13.8. The van der Waals surface area contributed by atoms with Gasteiger partial charge in [-0.25, -0.2) is 0 Å². The van der Waals surface area contributed by atoms with E-state index in [1.165, 1.54) is 0 Å². The van der Waals surface area contributed by atoms with Crippen molar-refractivity contribution < 1.29 is 5.11 Å². The Bertz CT molecular complexity index is 795. The summed E-state index contributed by atoms with van der Waals surface area (Å²) in [5, 5.41) is 14.9. The second-order valence-electron chi connectivity index (χ2n) is 5.48. The Balaban J connectivity index is 2.26. The Hall–Kier alpha value is -2.69. The number of para-hydroxylation sites is 1. The molecule has 0 atom stereocenters. The maximum Gasteiger partial charge on any atom is 0.168 e. The molecule has 0 amide bonds. The lowest BCUT2D eigenvalue weighted by atomic mass is 9.79. The van der Waals surface area contributed by atoms with Gasteiger partial charge >= 0.3 is 0 Å². The van der Waals surface area contributed by atoms with Gasteiger partial charge in [0.2, 0.25) is 0 Å². The number of benzene rings is 3. The van der Waals surface area contributed by atoms with Crippen molar-refractivity contribution in [2.45, 2.75) is 5.60 Å². The monoisotopic (exact) mass is 334 g/mol. The fraction of sp³-hybridized carbons (Fsp3) is 0.0500. The van der Waals surface area contributed by atoms with Gasteiger partial charge in [-0.1, -0.05) is 78.9 Å². The van der Waals surface area contributed by atoms with E-state index in [2.05, 4.69) is 5.32 Å². The standard InChI is InChI=1S/C20H18N2OS/c21-19(24)22-18-14-8-7-13-17(18)20(23,15-9-3-1-4-10-15)16-11-5-2-6-12-16/h1-14,23H,(H3,21,22,24). The molecule has 3 nitrogen and oxygen atoms in total. The van der Waals surface area contributed by atoms with Crippen LogP contribution in [-0.4, -0.2) is 10.2 Å². The van der Waals surface area contributed by atoms with Gasteiger partial charge in [-0.3, -0.25) is 0 Å². The van der Waals surface area contributed by atoms with Crippen molar-refractivity contribution in [3.8, 4) is 0 Å². The molecular weight excluding hydrogens is 316 g/mol. The molecule has 0 saturated heterocycles. The number of rotatable bonds is 4. The number of hydrogen-bond donors (Lipinski definition) is 3. The summed E-state index contributed by atoms with van der Waals surface area (Å²) < 4.78 is 0. The molecule has 3 rings (SSSR count). The highest BCUT2D eigenvalue weighted by atomic mass is 32.1. The minimum Gasteiger partial charge on any atom is -0.376 e. The van der Waals surface area contributed by atoms with Gasteiger partial charge in [-0.15, -0.1) is 0 Å². The predicted molar refractivity (Wildman–Crippen MR) is 102 cm³/mol. The molecule has 120 valence electrons. The summed E-state index contributed by atoms with van der Waals surface area (Å²) in [6.45, 7) is 0. The molecule has 4 N–H and O–H groups in total. The molecular formula is C20H18N2OS. The number of nitrogens with two attached hydrogens (primary N) is 1. The molecule has 0 bridgehead atoms. The first kappa shape index (κ1) is 16.2. The molecule has 4 heteroatoms. The molecule has 0 spiro atoms. The first-order chi connectivity index (χ1) is 11.6. The molecule has 24 heavy (non-hydrogen) atoms. The van der Waals surface area contributed by atoms with E-state index in [9.17, 15) is 5.11 Å². The van der Waals surface area contributed by atoms with Crippen molar-refractivity contribution in [1.82, 2.24) is 0 Å². The van der Waals surface area contributed by atoms with E-state index in [4.69, 9.17) is 18.0 Å². The average molecular weight is 334 g/mol. The Labute approximate surface area is 146 Å². The first-order valence-electron chi connectivity index (χ1n) is 7.62. The van der Waals surface area contributed by atoms with Gasteiger partial charge in [0.05, 0.1) is 0 Å². The lowest BCUT2D eigenvalue weighted by Gasteiger charge is -2.32. The molecule has 3 aromatic carbocycles. The fourth-order valence-electron chi connectivity index (χ4n) is 2.88. The number of hydrogen-bond acceptors (Lipinski definition) is 2. The van der Waals surface area contributed by atoms with Crippen molar-refractivity contribution in [1.29, 1.82) is 0 Å². The summed E-state index contributed by atoms with van der Waals surface area (Å²) in [6, 6.07) is 26.6. The van der Waals surface area contributed by atoms with E-state index in [-0.39, 0.29) is 5.11 Å². The molecule has 0 saturated carbocycles. The average Bonchev–Trinajstić information content (AvgIpc) is 2.62. The molecule has 0 unspecified atom stereocenters. The van der Waals surface area contributed by atoms with E-state index >= 15 is 0 Å². The minimum absolute atomic E-state index is 0.158. The normalized spacial score (nSPS) is 11.0. The second-order valence-corrected chi connectivity index (χ2v) is 5.92. The van der Waals surface area contributed by atoms with Crippen LogP contribution in [0.2, 0.25) is 0 Å². The van der Waals surface area contributed by atoms with Crippen LogP contribution in [0.1, 0.15) is 16.7 Å². The van der Waals surface area contributed by atoms with Gasteiger partial charge in [0.1, 0.15) is 5.60 Å². The number of thiocarbonyl (C=S) groups is 1. The second kappa shape index (κ2) is 6.83. The van der Waals surface area contributed by atoms with Gasteiger partial charge in [-0.05, 0) is 29.4 Å². The van der Waals surface area contributed by atoms with E-state index in [0.29, 0.717) is 11.3 Å². The highest BCUT2D eigenvalue weighted by Crippen LogP contribution is 2.39. The maximum absolute atomic E-state index is 11.8. The van der Waals surface area contributed by atoms with E-state index in [1.807, 2.05) is 84.9 Å². The van der Waals surface area contributed by atoms with Crippen LogP contribution in [-0.2, 0) is 5.60 Å². The van der Waals surface area contributed by atoms with Gasteiger partial charge in [0.15, 0.2) is 5.11 Å². The highest BCUT2D eigenvalue weighted by molar-refractivity contribution is 7.80. The Kier molecular flexibility index (Phi) is 4.60. The van der Waals surface area contributed by atoms with Crippen LogP contribution < -0.4 is 11.1 Å². The largest absolute Gasteiger partial charge is 0.376 e. The number of nitrogens with one attached hydrogen (secondary N) is 1. The maximum atomic E-state index is 11.8. The number of aliphatic hydroxyl groups is 1. The van der Waals surface area contributed by atoms with E-state index < -0.39 is 5.60 Å². The molecule has 0 radical (unpaired) electrons. The van der Waals surface area contributed by atoms with Crippen LogP contribution in [0.25, 0.3) is 0 Å². The summed E-state index contributed by atoms with van der Waals surface area (Å²) >= 11 is 4.98. The summed E-state index contributed by atoms with van der Waals surface area (Å²) in [6.07, 6.45) is 0. The molecule has 0 aliphatic rings. The van der Waals surface area contributed by atoms with Crippen molar-refractivity contribution in [2.75, 3.05) is 5.32 Å². The third-order valence-electron chi connectivity index (χ3n) is 3.96. The van der Waals surface area contributed by atoms with Crippen LogP contribution in [0, 0.1) is 0 Å². The molecule has 0 aliphatic carbocycles. The van der Waals surface area contributed by atoms with Crippen LogP contribution in [0.15, 0.2) is 84.9 Å². The molecule has 0 aliphatic heterocycles. The lowest BCUT2D eigenvalue weighted by Crippen LogP contribution is -2.31. The van der Waals surface area contributed by atoms with Gasteiger partial charge < -0.3 is 16.2 Å². The van der Waals surface area contributed by atoms with Crippen molar-refractivity contribution in [3.63, 3.8) is 0 Å². The van der Waals surface area contributed by atoms with Crippen LogP contribution in [0.4, 0.5) is 5.69 Å². The first-order valence-corrected chi connectivity index (χ1v) is 8.02. The minimum atomic E-state index is -1.32.